The molecule has 0 nitrogen and oxygen atoms in total. The lowest BCUT2D eigenvalue weighted by Crippen LogP contribution is -1.89. The van der Waals surface area contributed by atoms with Crippen LogP contribution in [-0.4, -0.2) is 0 Å². The second kappa shape index (κ2) is 6.61. The molecule has 0 bridgehead atoms. The maximum atomic E-state index is 6.22. The van der Waals surface area contributed by atoms with Crippen molar-refractivity contribution in [3.63, 3.8) is 0 Å². The fraction of sp³-hybridized carbons (Fsp3) is 0.294. The average molecular weight is 261 g/mol. The Labute approximate surface area is 116 Å². The van der Waals surface area contributed by atoms with Gasteiger partial charge in [0.05, 0.1) is 0 Å². The van der Waals surface area contributed by atoms with Gasteiger partial charge in [-0.15, -0.1) is 0 Å². The summed E-state index contributed by atoms with van der Waals surface area (Å²) in [6.45, 7) is 10.4. The second-order valence-electron chi connectivity index (χ2n) is 4.23. The van der Waals surface area contributed by atoms with E-state index in [9.17, 15) is 0 Å². The van der Waals surface area contributed by atoms with Crippen molar-refractivity contribution in [2.24, 2.45) is 0 Å². The van der Waals surface area contributed by atoms with Crippen LogP contribution in [0.4, 0.5) is 0 Å². The Morgan fingerprint density at radius 3 is 1.89 bits per heavy atom. The summed E-state index contributed by atoms with van der Waals surface area (Å²) in [6.07, 6.45) is 0. The van der Waals surface area contributed by atoms with Crippen molar-refractivity contribution < 1.29 is 0 Å². The van der Waals surface area contributed by atoms with E-state index in [0.717, 1.165) is 10.6 Å². The van der Waals surface area contributed by atoms with Crippen molar-refractivity contribution in [3.8, 4) is 11.1 Å². The lowest BCUT2D eigenvalue weighted by Gasteiger charge is -2.11. The molecule has 0 aliphatic rings. The van der Waals surface area contributed by atoms with E-state index in [1.165, 1.54) is 22.3 Å². The molecule has 18 heavy (non-hydrogen) atoms. The predicted octanol–water partition coefficient (Wildman–Crippen LogP) is 5.96. The van der Waals surface area contributed by atoms with Crippen LogP contribution < -0.4 is 0 Å². The van der Waals surface area contributed by atoms with Crippen LogP contribution in [-0.2, 0) is 0 Å². The van der Waals surface area contributed by atoms with Crippen LogP contribution >= 0.6 is 11.6 Å². The highest BCUT2D eigenvalue weighted by Gasteiger charge is 2.07. The third kappa shape index (κ3) is 3.14. The van der Waals surface area contributed by atoms with E-state index in [1.54, 1.807) is 0 Å². The van der Waals surface area contributed by atoms with E-state index in [2.05, 4.69) is 39.0 Å². The number of benzene rings is 2. The van der Waals surface area contributed by atoms with E-state index in [4.69, 9.17) is 11.6 Å². The summed E-state index contributed by atoms with van der Waals surface area (Å²) >= 11 is 6.22. The summed E-state index contributed by atoms with van der Waals surface area (Å²) < 4.78 is 0. The first kappa shape index (κ1) is 14.8. The van der Waals surface area contributed by atoms with Crippen molar-refractivity contribution in [1.29, 1.82) is 0 Å². The van der Waals surface area contributed by atoms with Gasteiger partial charge in [0.1, 0.15) is 0 Å². The first-order chi connectivity index (χ1) is 8.59. The largest absolute Gasteiger partial charge is 0.0837 e. The molecule has 0 spiro atoms. The first-order valence-corrected chi connectivity index (χ1v) is 6.80. The Balaban J connectivity index is 0.000000771. The predicted molar refractivity (Wildman–Crippen MR) is 82.4 cm³/mol. The molecular weight excluding hydrogens is 240 g/mol. The Kier molecular flexibility index (Phi) is 5.43. The normalized spacial score (nSPS) is 9.67. The Morgan fingerprint density at radius 1 is 0.722 bits per heavy atom. The molecule has 0 aliphatic heterocycles. The lowest BCUT2D eigenvalue weighted by atomic mass is 9.95. The first-order valence-electron chi connectivity index (χ1n) is 6.42. The maximum Gasteiger partial charge on any atom is 0.0484 e. The number of halogens is 1. The number of hydrogen-bond acceptors (Lipinski definition) is 0. The molecule has 1 heteroatoms. The molecule has 0 atom stereocenters. The molecule has 2 rings (SSSR count). The highest BCUT2D eigenvalue weighted by atomic mass is 35.5. The van der Waals surface area contributed by atoms with Crippen molar-refractivity contribution in [3.05, 3.63) is 58.1 Å². The van der Waals surface area contributed by atoms with Gasteiger partial charge in [-0.25, -0.2) is 0 Å². The van der Waals surface area contributed by atoms with Crippen LogP contribution in [0.15, 0.2) is 36.4 Å². The molecule has 0 N–H and O–H groups in total. The van der Waals surface area contributed by atoms with Crippen molar-refractivity contribution >= 4 is 11.6 Å². The minimum absolute atomic E-state index is 0.814. The van der Waals surface area contributed by atoms with E-state index >= 15 is 0 Å². The molecule has 0 aliphatic carbocycles. The number of aryl methyl sites for hydroxylation is 3. The highest BCUT2D eigenvalue weighted by molar-refractivity contribution is 6.33. The summed E-state index contributed by atoms with van der Waals surface area (Å²) in [5.74, 6) is 0. The molecule has 0 heterocycles. The third-order valence-corrected chi connectivity index (χ3v) is 3.33. The fourth-order valence-corrected chi connectivity index (χ4v) is 2.17. The lowest BCUT2D eigenvalue weighted by molar-refractivity contribution is 1.30. The molecule has 0 radical (unpaired) electrons. The molecule has 0 amide bonds. The van der Waals surface area contributed by atoms with Gasteiger partial charge in [0.2, 0.25) is 0 Å². The molecule has 2 aromatic rings. The van der Waals surface area contributed by atoms with Crippen molar-refractivity contribution in [2.45, 2.75) is 34.6 Å². The minimum atomic E-state index is 0.814. The highest BCUT2D eigenvalue weighted by Crippen LogP contribution is 2.31. The molecule has 96 valence electrons. The summed E-state index contributed by atoms with van der Waals surface area (Å²) in [5.41, 5.74) is 6.25. The second-order valence-corrected chi connectivity index (χ2v) is 4.64. The zero-order valence-electron chi connectivity index (χ0n) is 11.8. The molecule has 0 saturated heterocycles. The monoisotopic (exact) mass is 260 g/mol. The summed E-state index contributed by atoms with van der Waals surface area (Å²) in [5, 5.41) is 0.814. The quantitative estimate of drug-likeness (QED) is 0.594. The van der Waals surface area contributed by atoms with Gasteiger partial charge < -0.3 is 0 Å². The van der Waals surface area contributed by atoms with Gasteiger partial charge in [-0.3, -0.25) is 0 Å². The molecule has 0 fully saturated rings. The van der Waals surface area contributed by atoms with Gasteiger partial charge in [0.15, 0.2) is 0 Å². The summed E-state index contributed by atoms with van der Waals surface area (Å²) in [4.78, 5) is 0. The molecular formula is C17H21Cl. The van der Waals surface area contributed by atoms with Crippen LogP contribution in [0.25, 0.3) is 11.1 Å². The molecule has 0 unspecified atom stereocenters. The number of hydrogen-bond donors (Lipinski definition) is 0. The van der Waals surface area contributed by atoms with E-state index in [-0.39, 0.29) is 0 Å². The smallest absolute Gasteiger partial charge is 0.0484 e. The zero-order valence-corrected chi connectivity index (χ0v) is 12.6. The summed E-state index contributed by atoms with van der Waals surface area (Å²) in [6, 6.07) is 12.4. The maximum absolute atomic E-state index is 6.22. The van der Waals surface area contributed by atoms with Crippen molar-refractivity contribution in [1.82, 2.24) is 0 Å². The summed E-state index contributed by atoms with van der Waals surface area (Å²) in [7, 11) is 0. The Hall–Kier alpha value is -1.27. The van der Waals surface area contributed by atoms with Gasteiger partial charge in [-0.1, -0.05) is 55.8 Å². The Bertz CT molecular complexity index is 527. The fourth-order valence-electron chi connectivity index (χ4n) is 1.93. The van der Waals surface area contributed by atoms with Gasteiger partial charge >= 0.3 is 0 Å². The van der Waals surface area contributed by atoms with E-state index < -0.39 is 0 Å². The van der Waals surface area contributed by atoms with Crippen LogP contribution in [0.1, 0.15) is 30.5 Å². The van der Waals surface area contributed by atoms with E-state index in [1.807, 2.05) is 32.0 Å². The van der Waals surface area contributed by atoms with Gasteiger partial charge in [0.25, 0.3) is 0 Å². The van der Waals surface area contributed by atoms with Crippen molar-refractivity contribution in [2.75, 3.05) is 0 Å². The Morgan fingerprint density at radius 2 is 1.28 bits per heavy atom. The number of rotatable bonds is 1. The zero-order chi connectivity index (χ0) is 13.7. The average Bonchev–Trinajstić information content (AvgIpc) is 2.37. The molecule has 0 aromatic heterocycles. The minimum Gasteiger partial charge on any atom is -0.0837 e. The molecule has 0 saturated carbocycles. The standard InChI is InChI=1S/C15H15Cl.C2H6/c1-10-8-12(3)14(9-11(10)2)13-6-4-5-7-15(13)16;1-2/h4-9H,1-3H3;1-2H3. The van der Waals surface area contributed by atoms with Gasteiger partial charge in [-0.05, 0) is 49.1 Å². The van der Waals surface area contributed by atoms with Gasteiger partial charge in [-0.2, -0.15) is 0 Å². The third-order valence-electron chi connectivity index (χ3n) is 3.00. The van der Waals surface area contributed by atoms with Gasteiger partial charge in [0, 0.05) is 10.6 Å². The van der Waals surface area contributed by atoms with Crippen LogP contribution in [0.2, 0.25) is 5.02 Å². The van der Waals surface area contributed by atoms with Crippen LogP contribution in [0, 0.1) is 20.8 Å². The molecule has 2 aromatic carbocycles. The SMILES string of the molecule is CC.Cc1cc(C)c(-c2ccccc2Cl)cc1C. The van der Waals surface area contributed by atoms with Crippen LogP contribution in [0.5, 0.6) is 0 Å². The topological polar surface area (TPSA) is 0 Å². The van der Waals surface area contributed by atoms with E-state index in [0.29, 0.717) is 0 Å². The van der Waals surface area contributed by atoms with Crippen LogP contribution in [0.3, 0.4) is 0 Å².